The predicted octanol–water partition coefficient (Wildman–Crippen LogP) is 3.81. The highest BCUT2D eigenvalue weighted by Crippen LogP contribution is 2.23. The smallest absolute Gasteiger partial charge is 0.291 e. The number of amides is 1. The summed E-state index contributed by atoms with van der Waals surface area (Å²) in [6, 6.07) is 13.1. The molecule has 3 rings (SSSR count). The van der Waals surface area contributed by atoms with Gasteiger partial charge in [-0.1, -0.05) is 6.07 Å². The van der Waals surface area contributed by atoms with Crippen LogP contribution in [0.3, 0.4) is 0 Å². The number of carbonyl (C=O) groups is 1. The Bertz CT molecular complexity index is 1150. The molecule has 0 aliphatic heterocycles. The van der Waals surface area contributed by atoms with Gasteiger partial charge >= 0.3 is 0 Å². The zero-order valence-electron chi connectivity index (χ0n) is 16.7. The van der Waals surface area contributed by atoms with Gasteiger partial charge in [-0.2, -0.15) is 0 Å². The van der Waals surface area contributed by atoms with Crippen LogP contribution in [0.2, 0.25) is 0 Å². The van der Waals surface area contributed by atoms with E-state index in [2.05, 4.69) is 5.32 Å². The van der Waals surface area contributed by atoms with Gasteiger partial charge in [-0.25, -0.2) is 17.1 Å². The zero-order valence-corrected chi connectivity index (χ0v) is 17.5. The van der Waals surface area contributed by atoms with Crippen molar-refractivity contribution < 1.29 is 26.8 Å². The Morgan fingerprint density at radius 1 is 1.10 bits per heavy atom. The third kappa shape index (κ3) is 4.87. The van der Waals surface area contributed by atoms with E-state index in [0.29, 0.717) is 22.8 Å². The van der Waals surface area contributed by atoms with Crippen LogP contribution in [0.1, 0.15) is 21.9 Å². The molecule has 7 nitrogen and oxygen atoms in total. The summed E-state index contributed by atoms with van der Waals surface area (Å²) in [5.41, 5.74) is 1.07. The van der Waals surface area contributed by atoms with Gasteiger partial charge in [-0.3, -0.25) is 4.79 Å². The Morgan fingerprint density at radius 2 is 1.80 bits per heavy atom. The van der Waals surface area contributed by atoms with Crippen molar-refractivity contribution in [3.63, 3.8) is 0 Å². The number of hydrogen-bond acceptors (Lipinski definition) is 5. The van der Waals surface area contributed by atoms with E-state index < -0.39 is 15.9 Å². The molecule has 0 saturated heterocycles. The molecule has 30 heavy (non-hydrogen) atoms. The molecule has 0 spiro atoms. The number of ether oxygens (including phenoxy) is 1. The second-order valence-corrected chi connectivity index (χ2v) is 8.88. The first kappa shape index (κ1) is 21.5. The summed E-state index contributed by atoms with van der Waals surface area (Å²) >= 11 is 0. The first-order chi connectivity index (χ1) is 14.2. The highest BCUT2D eigenvalue weighted by Gasteiger charge is 2.19. The van der Waals surface area contributed by atoms with E-state index in [1.54, 1.807) is 19.1 Å². The third-order valence-corrected chi connectivity index (χ3v) is 6.13. The van der Waals surface area contributed by atoms with Crippen molar-refractivity contribution >= 4 is 21.6 Å². The first-order valence-electron chi connectivity index (χ1n) is 8.98. The van der Waals surface area contributed by atoms with Gasteiger partial charge in [0, 0.05) is 19.8 Å². The molecule has 2 aromatic carbocycles. The Balaban J connectivity index is 1.70. The third-order valence-electron chi connectivity index (χ3n) is 4.32. The second kappa shape index (κ2) is 8.68. The lowest BCUT2D eigenvalue weighted by Crippen LogP contribution is -2.22. The Labute approximate surface area is 174 Å². The minimum absolute atomic E-state index is 0.0491. The average molecular weight is 432 g/mol. The molecule has 1 amide bonds. The van der Waals surface area contributed by atoms with Crippen molar-refractivity contribution in [2.24, 2.45) is 0 Å². The van der Waals surface area contributed by atoms with Gasteiger partial charge in [0.25, 0.3) is 5.91 Å². The predicted molar refractivity (Wildman–Crippen MR) is 109 cm³/mol. The van der Waals surface area contributed by atoms with E-state index in [9.17, 15) is 17.6 Å². The van der Waals surface area contributed by atoms with Crippen molar-refractivity contribution in [2.75, 3.05) is 19.4 Å². The Hall–Kier alpha value is -3.17. The lowest BCUT2D eigenvalue weighted by molar-refractivity contribution is 0.0992. The zero-order chi connectivity index (χ0) is 21.9. The highest BCUT2D eigenvalue weighted by atomic mass is 32.2. The molecule has 1 heterocycles. The topological polar surface area (TPSA) is 88.9 Å². The molecule has 0 saturated carbocycles. The number of nitrogens with one attached hydrogen (secondary N) is 1. The van der Waals surface area contributed by atoms with Crippen LogP contribution in [0, 0.1) is 12.7 Å². The van der Waals surface area contributed by atoms with Gasteiger partial charge in [0.2, 0.25) is 10.0 Å². The van der Waals surface area contributed by atoms with Crippen LogP contribution in [0.15, 0.2) is 63.9 Å². The van der Waals surface area contributed by atoms with Crippen LogP contribution in [0.25, 0.3) is 0 Å². The van der Waals surface area contributed by atoms with E-state index in [0.717, 1.165) is 4.31 Å². The minimum Gasteiger partial charge on any atom is -0.486 e. The van der Waals surface area contributed by atoms with Crippen LogP contribution < -0.4 is 10.1 Å². The fourth-order valence-corrected chi connectivity index (χ4v) is 3.48. The monoisotopic (exact) mass is 432 g/mol. The van der Waals surface area contributed by atoms with Crippen molar-refractivity contribution in [1.82, 2.24) is 4.31 Å². The van der Waals surface area contributed by atoms with Crippen molar-refractivity contribution in [2.45, 2.75) is 18.4 Å². The fourth-order valence-electron chi connectivity index (χ4n) is 2.55. The maximum atomic E-state index is 12.9. The number of hydrogen-bond donors (Lipinski definition) is 1. The summed E-state index contributed by atoms with van der Waals surface area (Å²) < 4.78 is 49.7. The lowest BCUT2D eigenvalue weighted by Gasteiger charge is -2.14. The second-order valence-electron chi connectivity index (χ2n) is 6.73. The molecule has 1 aromatic heterocycles. The number of carbonyl (C=O) groups excluding carboxylic acids is 1. The Morgan fingerprint density at radius 3 is 2.47 bits per heavy atom. The number of anilines is 1. The Kier molecular flexibility index (Phi) is 6.23. The van der Waals surface area contributed by atoms with E-state index >= 15 is 0 Å². The van der Waals surface area contributed by atoms with Crippen LogP contribution >= 0.6 is 0 Å². The van der Waals surface area contributed by atoms with Gasteiger partial charge in [0.15, 0.2) is 5.76 Å². The summed E-state index contributed by atoms with van der Waals surface area (Å²) in [6.45, 7) is 1.82. The fraction of sp³-hybridized carbons (Fsp3) is 0.190. The lowest BCUT2D eigenvalue weighted by atomic mass is 10.2. The number of halogens is 1. The normalized spacial score (nSPS) is 11.5. The molecule has 9 heteroatoms. The molecule has 0 radical (unpaired) electrons. The SMILES string of the molecule is Cc1ccc(S(=O)(=O)N(C)C)cc1NC(=O)c1ccc(COc2ccc(F)cc2)o1. The quantitative estimate of drug-likeness (QED) is 0.613. The number of furan rings is 1. The van der Waals surface area contributed by atoms with Crippen molar-refractivity contribution in [1.29, 1.82) is 0 Å². The summed E-state index contributed by atoms with van der Waals surface area (Å²) in [5, 5.41) is 2.67. The summed E-state index contributed by atoms with van der Waals surface area (Å²) in [4.78, 5) is 12.6. The average Bonchev–Trinajstić information content (AvgIpc) is 3.18. The van der Waals surface area contributed by atoms with Crippen LogP contribution in [0.4, 0.5) is 10.1 Å². The highest BCUT2D eigenvalue weighted by molar-refractivity contribution is 7.89. The van der Waals surface area contributed by atoms with Gasteiger partial charge in [0.05, 0.1) is 4.90 Å². The van der Waals surface area contributed by atoms with Crippen molar-refractivity contribution in [3.8, 4) is 5.75 Å². The van der Waals surface area contributed by atoms with Gasteiger partial charge in [-0.15, -0.1) is 0 Å². The maximum absolute atomic E-state index is 12.9. The van der Waals surface area contributed by atoms with E-state index in [1.165, 1.54) is 56.6 Å². The van der Waals surface area contributed by atoms with Crippen LogP contribution in [0.5, 0.6) is 5.75 Å². The maximum Gasteiger partial charge on any atom is 0.291 e. The first-order valence-corrected chi connectivity index (χ1v) is 10.4. The number of nitrogens with zero attached hydrogens (tertiary/aromatic N) is 1. The summed E-state index contributed by atoms with van der Waals surface area (Å²) in [5.74, 6) is 0.0361. The largest absolute Gasteiger partial charge is 0.486 e. The molecular formula is C21H21FN2O5S. The van der Waals surface area contributed by atoms with Crippen LogP contribution in [-0.4, -0.2) is 32.7 Å². The van der Waals surface area contributed by atoms with Gasteiger partial charge in [0.1, 0.15) is 23.9 Å². The van der Waals surface area contributed by atoms with Gasteiger partial charge < -0.3 is 14.5 Å². The molecule has 3 aromatic rings. The number of sulfonamides is 1. The van der Waals surface area contributed by atoms with E-state index in [-0.39, 0.29) is 23.1 Å². The van der Waals surface area contributed by atoms with E-state index in [4.69, 9.17) is 9.15 Å². The van der Waals surface area contributed by atoms with Crippen molar-refractivity contribution in [3.05, 3.63) is 77.5 Å². The molecule has 0 bridgehead atoms. The number of benzene rings is 2. The van der Waals surface area contributed by atoms with E-state index in [1.807, 2.05) is 0 Å². The van der Waals surface area contributed by atoms with Crippen LogP contribution in [-0.2, 0) is 16.6 Å². The number of aryl methyl sites for hydroxylation is 1. The summed E-state index contributed by atoms with van der Waals surface area (Å²) in [7, 11) is -0.758. The molecule has 0 aliphatic carbocycles. The van der Waals surface area contributed by atoms with Gasteiger partial charge in [-0.05, 0) is 61.0 Å². The standard InChI is InChI=1S/C21H21FN2O5S/c1-14-4-10-18(30(26,27)24(2)3)12-19(14)23-21(25)20-11-9-17(29-20)13-28-16-7-5-15(22)6-8-16/h4-12H,13H2,1-3H3,(H,23,25). The molecule has 0 fully saturated rings. The molecule has 0 atom stereocenters. The molecule has 0 aliphatic rings. The molecule has 1 N–H and O–H groups in total. The number of rotatable bonds is 7. The molecular weight excluding hydrogens is 411 g/mol. The molecule has 158 valence electrons. The summed E-state index contributed by atoms with van der Waals surface area (Å²) in [6.07, 6.45) is 0. The molecule has 0 unspecified atom stereocenters. The minimum atomic E-state index is -3.63.